The fourth-order valence-electron chi connectivity index (χ4n) is 7.18. The van der Waals surface area contributed by atoms with Crippen LogP contribution in [0.25, 0.3) is 0 Å². The van der Waals surface area contributed by atoms with E-state index in [1.165, 1.54) is 238 Å². The molecule has 0 aromatic carbocycles. The van der Waals surface area contributed by atoms with Crippen molar-refractivity contribution < 1.29 is 14.6 Å². The number of aliphatic hydroxyl groups excluding tert-OH is 1. The summed E-state index contributed by atoms with van der Waals surface area (Å²) < 4.78 is 4.58. The maximum absolute atomic E-state index is 9.76. The monoisotopic (exact) mass is 823 g/mol. The molecule has 0 bridgehead atoms. The maximum Gasteiger partial charge on any atom is 0.293 e. The molecule has 0 spiro atoms. The lowest BCUT2D eigenvalue weighted by atomic mass is 9.89. The van der Waals surface area contributed by atoms with Crippen molar-refractivity contribution in [3.05, 3.63) is 31.7 Å². The normalized spacial score (nSPS) is 10.2. The van der Waals surface area contributed by atoms with Gasteiger partial charge in [-0.3, -0.25) is 4.79 Å². The second-order valence-electron chi connectivity index (χ2n) is 16.4. The molecule has 0 aromatic rings. The van der Waals surface area contributed by atoms with Gasteiger partial charge < -0.3 is 20.1 Å². The molecule has 0 atom stereocenters. The fraction of sp³-hybridized carbons (Fsp3) is 0.887. The summed E-state index contributed by atoms with van der Waals surface area (Å²) in [6.07, 6.45) is 50.2. The third-order valence-corrected chi connectivity index (χ3v) is 10.7. The summed E-state index contributed by atoms with van der Waals surface area (Å²) in [4.78, 5) is 12.5. The third-order valence-electron chi connectivity index (χ3n) is 10.7. The van der Waals surface area contributed by atoms with Crippen LogP contribution < -0.4 is 5.32 Å². The van der Waals surface area contributed by atoms with Crippen molar-refractivity contribution in [3.63, 3.8) is 0 Å². The lowest BCUT2D eigenvalue weighted by Crippen LogP contribution is -2.27. The third kappa shape index (κ3) is 72.1. The molecule has 0 fully saturated rings. The molecule has 5 nitrogen and oxygen atoms in total. The molecule has 2 N–H and O–H groups in total. The van der Waals surface area contributed by atoms with Crippen molar-refractivity contribution in [2.24, 2.45) is 5.92 Å². The Hall–Kier alpha value is -1.55. The Morgan fingerprint density at radius 3 is 1.05 bits per heavy atom. The fourth-order valence-corrected chi connectivity index (χ4v) is 7.18. The van der Waals surface area contributed by atoms with Crippen LogP contribution in [0.4, 0.5) is 0 Å². The molecule has 0 saturated heterocycles. The Labute approximate surface area is 367 Å². The number of unbranched alkanes of at least 4 members (excludes halogenated alkanes) is 26. The second kappa shape index (κ2) is 70.0. The molecular formula is C53H110N2O3. The Morgan fingerprint density at radius 1 is 0.500 bits per heavy atom. The number of aliphatic hydroxyl groups is 1. The van der Waals surface area contributed by atoms with E-state index in [1.54, 1.807) is 0 Å². The maximum atomic E-state index is 9.76. The van der Waals surface area contributed by atoms with E-state index in [0.717, 1.165) is 18.6 Å². The Kier molecular flexibility index (Phi) is 79.2. The minimum atomic E-state index is 0.525. The minimum Gasteiger partial charge on any atom is -0.507 e. The van der Waals surface area contributed by atoms with Gasteiger partial charge in [-0.2, -0.15) is 0 Å². The Balaban J connectivity index is -0.000000364. The van der Waals surface area contributed by atoms with Gasteiger partial charge in [-0.1, -0.05) is 246 Å². The van der Waals surface area contributed by atoms with Crippen LogP contribution in [0, 0.1) is 5.92 Å². The lowest BCUT2D eigenvalue weighted by Gasteiger charge is -2.22. The van der Waals surface area contributed by atoms with Gasteiger partial charge in [-0.25, -0.2) is 0 Å². The van der Waals surface area contributed by atoms with Crippen LogP contribution in [0.15, 0.2) is 31.7 Å². The van der Waals surface area contributed by atoms with Gasteiger partial charge in [0.1, 0.15) is 6.26 Å². The highest BCUT2D eigenvalue weighted by Crippen LogP contribution is 2.25. The average Bonchev–Trinajstić information content (AvgIpc) is 3.24. The van der Waals surface area contributed by atoms with Crippen LogP contribution in [-0.2, 0) is 9.53 Å². The number of rotatable bonds is 41. The molecule has 350 valence electrons. The zero-order valence-corrected chi connectivity index (χ0v) is 41.1. The van der Waals surface area contributed by atoms with Gasteiger partial charge in [-0.05, 0) is 65.3 Å². The standard InChI is InChI=1S/C36H75N.C10H20O2.C3H4O.C2H7N.C2H4/c1-5-9-13-16-20-25-30-36(31-26-21-17-14-10-6-2)32-27-22-19-24-29-35-37(33-12-8-4)34-28-23-18-15-11-7-3;1-2-3-4-5-6-7-8-9-12-10-11;1-2-3-4;1-3-2;1-2/h36H,5-35H2,1-4H3;10H,2-9H2,1H3;3-4H,1H2;3H,1-2H3;1-2H2. The van der Waals surface area contributed by atoms with Gasteiger partial charge in [0.2, 0.25) is 0 Å². The first-order valence-corrected chi connectivity index (χ1v) is 25.4. The predicted molar refractivity (Wildman–Crippen MR) is 264 cm³/mol. The summed E-state index contributed by atoms with van der Waals surface area (Å²) in [7, 11) is 3.75. The summed E-state index contributed by atoms with van der Waals surface area (Å²) in [6, 6.07) is 0. The zero-order chi connectivity index (χ0) is 44.3. The molecule has 5 heteroatoms. The van der Waals surface area contributed by atoms with Crippen LogP contribution in [0.3, 0.4) is 0 Å². The smallest absolute Gasteiger partial charge is 0.293 e. The zero-order valence-electron chi connectivity index (χ0n) is 41.1. The molecule has 0 aliphatic rings. The van der Waals surface area contributed by atoms with E-state index in [9.17, 15) is 4.79 Å². The van der Waals surface area contributed by atoms with Crippen molar-refractivity contribution in [2.75, 3.05) is 40.3 Å². The Bertz CT molecular complexity index is 696. The van der Waals surface area contributed by atoms with E-state index in [0.29, 0.717) is 13.1 Å². The summed E-state index contributed by atoms with van der Waals surface area (Å²) in [6.45, 7) is 25.7. The van der Waals surface area contributed by atoms with Gasteiger partial charge in [0.15, 0.2) is 0 Å². The molecule has 0 amide bonds. The van der Waals surface area contributed by atoms with E-state index in [2.05, 4.69) is 75.0 Å². The van der Waals surface area contributed by atoms with Crippen molar-refractivity contribution in [2.45, 2.75) is 259 Å². The lowest BCUT2D eigenvalue weighted by molar-refractivity contribution is -0.128. The summed E-state index contributed by atoms with van der Waals surface area (Å²) in [5.41, 5.74) is 2.11. The van der Waals surface area contributed by atoms with Gasteiger partial charge in [0.05, 0.1) is 6.61 Å². The van der Waals surface area contributed by atoms with E-state index < -0.39 is 0 Å². The molecule has 0 unspecified atom stereocenters. The van der Waals surface area contributed by atoms with E-state index in [4.69, 9.17) is 5.11 Å². The van der Waals surface area contributed by atoms with Gasteiger partial charge in [-0.15, -0.1) is 13.2 Å². The first kappa shape index (κ1) is 65.6. The van der Waals surface area contributed by atoms with Crippen LogP contribution in [0.1, 0.15) is 259 Å². The summed E-state index contributed by atoms with van der Waals surface area (Å²) in [5.74, 6) is 1.03. The van der Waals surface area contributed by atoms with Crippen LogP contribution >= 0.6 is 0 Å². The summed E-state index contributed by atoms with van der Waals surface area (Å²) in [5, 5.41) is 10.3. The quantitative estimate of drug-likeness (QED) is 0.0211. The molecule has 58 heavy (non-hydrogen) atoms. The van der Waals surface area contributed by atoms with Crippen LogP contribution in [0.5, 0.6) is 0 Å². The molecule has 0 aromatic heterocycles. The largest absolute Gasteiger partial charge is 0.507 e. The van der Waals surface area contributed by atoms with E-state index in [1.807, 2.05) is 14.1 Å². The molecule has 0 rings (SSSR count). The molecule has 0 radical (unpaired) electrons. The van der Waals surface area contributed by atoms with Gasteiger partial charge >= 0.3 is 0 Å². The predicted octanol–water partition coefficient (Wildman–Crippen LogP) is 17.3. The average molecular weight is 823 g/mol. The van der Waals surface area contributed by atoms with Crippen LogP contribution in [-0.4, -0.2) is 56.8 Å². The molecule has 0 heterocycles. The topological polar surface area (TPSA) is 61.8 Å². The van der Waals surface area contributed by atoms with Crippen molar-refractivity contribution >= 4 is 6.47 Å². The molecular weight excluding hydrogens is 713 g/mol. The number of nitrogens with one attached hydrogen (secondary N) is 1. The van der Waals surface area contributed by atoms with E-state index in [-0.39, 0.29) is 0 Å². The second-order valence-corrected chi connectivity index (χ2v) is 16.4. The number of hydrogen-bond donors (Lipinski definition) is 2. The SMILES string of the molecule is C=C.C=C=CO.CCCCCCCCC(CCCCCCCC)CCCCCCCN(CCCC)CCCCCCCC.CCCCCCCCCOC=O.CNC. The molecule has 0 aliphatic heterocycles. The van der Waals surface area contributed by atoms with Crippen LogP contribution in [0.2, 0.25) is 0 Å². The molecule has 0 saturated carbocycles. The summed E-state index contributed by atoms with van der Waals surface area (Å²) >= 11 is 0. The molecule has 0 aliphatic carbocycles. The highest BCUT2D eigenvalue weighted by atomic mass is 16.5. The number of hydrogen-bond acceptors (Lipinski definition) is 5. The first-order valence-electron chi connectivity index (χ1n) is 25.4. The highest BCUT2D eigenvalue weighted by Gasteiger charge is 2.09. The number of nitrogens with zero attached hydrogens (tertiary/aromatic N) is 1. The van der Waals surface area contributed by atoms with Gasteiger partial charge in [0.25, 0.3) is 6.47 Å². The minimum absolute atomic E-state index is 0.525. The van der Waals surface area contributed by atoms with E-state index >= 15 is 0 Å². The number of carbonyl (C=O) groups is 1. The highest BCUT2D eigenvalue weighted by molar-refractivity contribution is 5.36. The first-order chi connectivity index (χ1) is 28.5. The Morgan fingerprint density at radius 2 is 0.759 bits per heavy atom. The van der Waals surface area contributed by atoms with Crippen molar-refractivity contribution in [1.82, 2.24) is 10.2 Å². The van der Waals surface area contributed by atoms with Gasteiger partial charge in [0, 0.05) is 0 Å². The van der Waals surface area contributed by atoms with Crippen molar-refractivity contribution in [1.29, 1.82) is 0 Å². The van der Waals surface area contributed by atoms with Crippen molar-refractivity contribution in [3.8, 4) is 0 Å². The number of carbonyl (C=O) groups excluding carboxylic acids is 1. The number of ether oxygens (including phenoxy) is 1.